The number of aliphatic hydroxyl groups excluding tert-OH is 1. The van der Waals surface area contributed by atoms with Crippen LogP contribution in [0.4, 0.5) is 10.5 Å². The number of hydrogen-bond acceptors (Lipinski definition) is 6. The predicted octanol–water partition coefficient (Wildman–Crippen LogP) is 3.74. The summed E-state index contributed by atoms with van der Waals surface area (Å²) in [5.74, 6) is -0.333. The van der Waals surface area contributed by atoms with Crippen LogP contribution in [0.15, 0.2) is 72.1 Å². The summed E-state index contributed by atoms with van der Waals surface area (Å²) >= 11 is 0. The topological polar surface area (TPSA) is 118 Å². The van der Waals surface area contributed by atoms with E-state index in [0.29, 0.717) is 55.8 Å². The van der Waals surface area contributed by atoms with Gasteiger partial charge in [0.15, 0.2) is 6.23 Å². The van der Waals surface area contributed by atoms with Crippen molar-refractivity contribution in [3.8, 4) is 0 Å². The van der Waals surface area contributed by atoms with E-state index >= 15 is 0 Å². The van der Waals surface area contributed by atoms with Crippen LogP contribution in [-0.2, 0) is 17.9 Å². The zero-order chi connectivity index (χ0) is 27.8. The number of aromatic nitrogens is 1. The van der Waals surface area contributed by atoms with E-state index in [2.05, 4.69) is 15.4 Å². The molecule has 0 saturated carbocycles. The molecule has 2 unspecified atom stereocenters. The fourth-order valence-electron chi connectivity index (χ4n) is 5.52. The van der Waals surface area contributed by atoms with Gasteiger partial charge in [0.05, 0.1) is 5.71 Å². The van der Waals surface area contributed by atoms with Crippen molar-refractivity contribution < 1.29 is 19.5 Å². The molecule has 3 aliphatic rings. The van der Waals surface area contributed by atoms with Crippen LogP contribution in [0.5, 0.6) is 0 Å². The summed E-state index contributed by atoms with van der Waals surface area (Å²) in [5, 5.41) is 19.7. The lowest BCUT2D eigenvalue weighted by molar-refractivity contribution is -0.132. The maximum atomic E-state index is 12.8. The SMILES string of the molecule is CC1CC(=O)N(CCCN2C(=O)c3ccccc3C2O)N=C1c1ccc(NC(=O)N2Cc3ccncc3C2)cc1. The minimum Gasteiger partial charge on any atom is -0.369 e. The van der Waals surface area contributed by atoms with Gasteiger partial charge in [-0.2, -0.15) is 5.10 Å². The average molecular weight is 539 g/mol. The zero-order valence-electron chi connectivity index (χ0n) is 22.2. The number of nitrogens with one attached hydrogen (secondary N) is 1. The molecule has 4 amide bonds. The quantitative estimate of drug-likeness (QED) is 0.496. The summed E-state index contributed by atoms with van der Waals surface area (Å²) in [4.78, 5) is 45.5. The van der Waals surface area contributed by atoms with Crippen molar-refractivity contribution >= 4 is 29.2 Å². The molecule has 6 rings (SSSR count). The lowest BCUT2D eigenvalue weighted by Crippen LogP contribution is -2.38. The van der Waals surface area contributed by atoms with Crippen molar-refractivity contribution in [2.45, 2.75) is 39.1 Å². The number of aliphatic hydroxyl groups is 1. The number of urea groups is 1. The molecule has 10 nitrogen and oxygen atoms in total. The number of benzene rings is 2. The van der Waals surface area contributed by atoms with Gasteiger partial charge in [-0.25, -0.2) is 9.80 Å². The number of amides is 4. The lowest BCUT2D eigenvalue weighted by atomic mass is 9.93. The van der Waals surface area contributed by atoms with E-state index in [-0.39, 0.29) is 23.8 Å². The Kier molecular flexibility index (Phi) is 6.77. The molecular formula is C30H30N6O4. The minimum absolute atomic E-state index is 0.0580. The molecule has 2 N–H and O–H groups in total. The molecule has 4 heterocycles. The normalized spacial score (nSPS) is 19.9. The van der Waals surface area contributed by atoms with E-state index in [4.69, 9.17) is 0 Å². The molecular weight excluding hydrogens is 508 g/mol. The minimum atomic E-state index is -0.975. The number of carbonyl (C=O) groups is 3. The molecule has 0 aliphatic carbocycles. The number of carbonyl (C=O) groups excluding carboxylic acids is 3. The average Bonchev–Trinajstić information content (AvgIpc) is 3.50. The molecule has 0 bridgehead atoms. The number of pyridine rings is 1. The van der Waals surface area contributed by atoms with Gasteiger partial charge < -0.3 is 20.2 Å². The van der Waals surface area contributed by atoms with Crippen LogP contribution in [0.25, 0.3) is 0 Å². The van der Waals surface area contributed by atoms with Crippen molar-refractivity contribution in [2.75, 3.05) is 18.4 Å². The van der Waals surface area contributed by atoms with Gasteiger partial charge >= 0.3 is 6.03 Å². The Balaban J connectivity index is 1.07. The first-order valence-corrected chi connectivity index (χ1v) is 13.4. The van der Waals surface area contributed by atoms with Gasteiger partial charge in [0.25, 0.3) is 5.91 Å². The van der Waals surface area contributed by atoms with E-state index in [1.54, 1.807) is 41.6 Å². The Morgan fingerprint density at radius 1 is 1.02 bits per heavy atom. The predicted molar refractivity (Wildman–Crippen MR) is 148 cm³/mol. The van der Waals surface area contributed by atoms with Gasteiger partial charge in [-0.05, 0) is 47.4 Å². The first kappa shape index (κ1) is 25.7. The third kappa shape index (κ3) is 4.82. The number of hydrazone groups is 1. The lowest BCUT2D eigenvalue weighted by Gasteiger charge is -2.29. The van der Waals surface area contributed by atoms with Gasteiger partial charge in [0.1, 0.15) is 0 Å². The Morgan fingerprint density at radius 3 is 2.58 bits per heavy atom. The summed E-state index contributed by atoms with van der Waals surface area (Å²) in [6.07, 6.45) is 3.37. The first-order valence-electron chi connectivity index (χ1n) is 13.4. The molecule has 0 spiro atoms. The largest absolute Gasteiger partial charge is 0.369 e. The summed E-state index contributed by atoms with van der Waals surface area (Å²) in [6.45, 7) is 3.71. The maximum absolute atomic E-state index is 12.8. The number of anilines is 1. The van der Waals surface area contributed by atoms with Crippen molar-refractivity contribution in [1.29, 1.82) is 0 Å². The third-order valence-electron chi connectivity index (χ3n) is 7.70. The van der Waals surface area contributed by atoms with Gasteiger partial charge in [-0.15, -0.1) is 0 Å². The Labute approximate surface area is 231 Å². The highest BCUT2D eigenvalue weighted by atomic mass is 16.3. The fraction of sp³-hybridized carbons (Fsp3) is 0.300. The zero-order valence-corrected chi connectivity index (χ0v) is 22.2. The second kappa shape index (κ2) is 10.5. The molecule has 40 heavy (non-hydrogen) atoms. The summed E-state index contributed by atoms with van der Waals surface area (Å²) in [5.41, 5.74) is 5.64. The molecule has 0 saturated heterocycles. The molecule has 3 aliphatic heterocycles. The van der Waals surface area contributed by atoms with Crippen molar-refractivity contribution in [3.63, 3.8) is 0 Å². The highest BCUT2D eigenvalue weighted by molar-refractivity contribution is 6.06. The van der Waals surface area contributed by atoms with Crippen LogP contribution < -0.4 is 5.32 Å². The fourth-order valence-corrected chi connectivity index (χ4v) is 5.52. The standard InChI is InChI=1S/C30H30N6O4/c1-19-15-26(37)36(14-4-13-35-28(38)24-5-2-3-6-25(24)29(35)39)33-27(19)20-7-9-23(10-8-20)32-30(40)34-17-21-11-12-31-16-22(21)18-34/h2-3,5-12,16,19,28,38H,4,13-15,17-18H2,1H3,(H,32,40). The summed E-state index contributed by atoms with van der Waals surface area (Å²) < 4.78 is 0. The summed E-state index contributed by atoms with van der Waals surface area (Å²) in [6, 6.07) is 16.3. The molecule has 2 aromatic carbocycles. The van der Waals surface area contributed by atoms with Gasteiger partial charge in [-0.1, -0.05) is 37.3 Å². The molecule has 0 radical (unpaired) electrons. The van der Waals surface area contributed by atoms with E-state index in [1.165, 1.54) is 9.91 Å². The molecule has 10 heteroatoms. The number of nitrogens with zero attached hydrogens (tertiary/aromatic N) is 5. The maximum Gasteiger partial charge on any atom is 0.322 e. The molecule has 204 valence electrons. The van der Waals surface area contributed by atoms with Crippen LogP contribution in [0.1, 0.15) is 58.6 Å². The van der Waals surface area contributed by atoms with Crippen molar-refractivity contribution in [2.24, 2.45) is 11.0 Å². The van der Waals surface area contributed by atoms with Crippen LogP contribution in [-0.4, -0.2) is 61.5 Å². The van der Waals surface area contributed by atoms with Crippen LogP contribution in [0, 0.1) is 5.92 Å². The molecule has 1 aromatic heterocycles. The molecule has 0 fully saturated rings. The molecule has 3 aromatic rings. The van der Waals surface area contributed by atoms with Crippen molar-refractivity contribution in [3.05, 3.63) is 94.8 Å². The monoisotopic (exact) mass is 538 g/mol. The Morgan fingerprint density at radius 2 is 1.80 bits per heavy atom. The molecule has 2 atom stereocenters. The Bertz CT molecular complexity index is 1480. The Hall–Kier alpha value is -4.57. The van der Waals surface area contributed by atoms with Crippen LogP contribution in [0.3, 0.4) is 0 Å². The second-order valence-electron chi connectivity index (χ2n) is 10.4. The van der Waals surface area contributed by atoms with E-state index in [0.717, 1.165) is 22.4 Å². The number of hydrogen-bond donors (Lipinski definition) is 2. The highest BCUT2D eigenvalue weighted by Gasteiger charge is 2.35. The van der Waals surface area contributed by atoms with E-state index in [9.17, 15) is 19.5 Å². The van der Waals surface area contributed by atoms with Crippen LogP contribution in [0.2, 0.25) is 0 Å². The summed E-state index contributed by atoms with van der Waals surface area (Å²) in [7, 11) is 0. The second-order valence-corrected chi connectivity index (χ2v) is 10.4. The third-order valence-corrected chi connectivity index (χ3v) is 7.70. The highest BCUT2D eigenvalue weighted by Crippen LogP contribution is 2.31. The van der Waals surface area contributed by atoms with Gasteiger partial charge in [0.2, 0.25) is 5.91 Å². The van der Waals surface area contributed by atoms with Gasteiger partial charge in [0, 0.05) is 67.7 Å². The number of fused-ring (bicyclic) bond motifs is 2. The van der Waals surface area contributed by atoms with E-state index < -0.39 is 6.23 Å². The van der Waals surface area contributed by atoms with Crippen molar-refractivity contribution in [1.82, 2.24) is 19.8 Å². The van der Waals surface area contributed by atoms with Crippen LogP contribution >= 0.6 is 0 Å². The van der Waals surface area contributed by atoms with E-state index in [1.807, 2.05) is 37.3 Å². The first-order chi connectivity index (χ1) is 19.4. The van der Waals surface area contributed by atoms with Gasteiger partial charge in [-0.3, -0.25) is 14.6 Å². The number of rotatable bonds is 6. The smallest absolute Gasteiger partial charge is 0.322 e.